The number of hydrogen-bond donors (Lipinski definition) is 1. The number of halogens is 1. The van der Waals surface area contributed by atoms with Gasteiger partial charge in [-0.1, -0.05) is 29.3 Å². The zero-order chi connectivity index (χ0) is 12.4. The highest BCUT2D eigenvalue weighted by atomic mass is 79.9. The number of aryl methyl sites for hydroxylation is 1. The van der Waals surface area contributed by atoms with Crippen molar-refractivity contribution in [3.63, 3.8) is 0 Å². The van der Waals surface area contributed by atoms with Crippen molar-refractivity contribution in [1.82, 2.24) is 5.32 Å². The molecule has 2 aromatic rings. The van der Waals surface area contributed by atoms with Crippen molar-refractivity contribution >= 4 is 26.9 Å². The topological polar surface area (TPSA) is 25.2 Å². The number of fused-ring (bicyclic) bond motifs is 1. The van der Waals surface area contributed by atoms with Crippen LogP contribution in [0.3, 0.4) is 0 Å². The molecule has 1 unspecified atom stereocenters. The van der Waals surface area contributed by atoms with Crippen molar-refractivity contribution in [2.24, 2.45) is 0 Å². The van der Waals surface area contributed by atoms with E-state index >= 15 is 0 Å². The Morgan fingerprint density at radius 3 is 2.76 bits per heavy atom. The third-order valence-electron chi connectivity index (χ3n) is 3.06. The molecule has 1 N–H and O–H groups in total. The second-order valence-corrected chi connectivity index (χ2v) is 5.34. The van der Waals surface area contributed by atoms with E-state index in [0.717, 1.165) is 28.7 Å². The molecular weight excluding hydrogens is 278 g/mol. The number of hydrogen-bond acceptors (Lipinski definition) is 2. The first-order valence-electron chi connectivity index (χ1n) is 6.02. The summed E-state index contributed by atoms with van der Waals surface area (Å²) in [5, 5.41) is 4.48. The Bertz CT molecular complexity index is 518. The summed E-state index contributed by atoms with van der Waals surface area (Å²) in [6.45, 7) is 4.27. The minimum absolute atomic E-state index is 0.311. The molecule has 0 amide bonds. The van der Waals surface area contributed by atoms with Crippen LogP contribution >= 0.6 is 15.9 Å². The van der Waals surface area contributed by atoms with Crippen LogP contribution in [0.15, 0.2) is 27.1 Å². The van der Waals surface area contributed by atoms with Crippen LogP contribution < -0.4 is 5.32 Å². The molecule has 1 atom stereocenters. The van der Waals surface area contributed by atoms with E-state index in [1.165, 1.54) is 10.9 Å². The summed E-state index contributed by atoms with van der Waals surface area (Å²) in [6, 6.07) is 6.65. The van der Waals surface area contributed by atoms with Gasteiger partial charge < -0.3 is 9.73 Å². The summed E-state index contributed by atoms with van der Waals surface area (Å²) in [5.74, 6) is 1.03. The van der Waals surface area contributed by atoms with Gasteiger partial charge in [-0.05, 0) is 44.2 Å². The fourth-order valence-electron chi connectivity index (χ4n) is 2.19. The Morgan fingerprint density at radius 1 is 1.35 bits per heavy atom. The molecule has 17 heavy (non-hydrogen) atoms. The molecule has 0 aliphatic carbocycles. The first kappa shape index (κ1) is 12.7. The van der Waals surface area contributed by atoms with Crippen molar-refractivity contribution in [1.29, 1.82) is 0 Å². The van der Waals surface area contributed by atoms with Gasteiger partial charge in [-0.25, -0.2) is 0 Å². The quantitative estimate of drug-likeness (QED) is 0.894. The van der Waals surface area contributed by atoms with E-state index < -0.39 is 0 Å². The first-order chi connectivity index (χ1) is 8.15. The second kappa shape index (κ2) is 5.23. The van der Waals surface area contributed by atoms with Crippen molar-refractivity contribution in [3.05, 3.63) is 34.0 Å². The molecule has 0 fully saturated rings. The molecule has 2 rings (SSSR count). The summed E-state index contributed by atoms with van der Waals surface area (Å²) in [4.78, 5) is 0. The molecule has 2 nitrogen and oxygen atoms in total. The Labute approximate surface area is 111 Å². The highest BCUT2D eigenvalue weighted by molar-refractivity contribution is 9.10. The largest absolute Gasteiger partial charge is 0.459 e. The van der Waals surface area contributed by atoms with Crippen molar-refractivity contribution in [2.45, 2.75) is 32.7 Å². The Balaban J connectivity index is 2.46. The average Bonchev–Trinajstić information content (AvgIpc) is 2.69. The molecule has 0 saturated heterocycles. The van der Waals surface area contributed by atoms with Crippen LogP contribution in [-0.2, 0) is 0 Å². The molecule has 1 heterocycles. The van der Waals surface area contributed by atoms with Crippen LogP contribution in [0.2, 0.25) is 0 Å². The van der Waals surface area contributed by atoms with Crippen LogP contribution in [0, 0.1) is 6.92 Å². The monoisotopic (exact) mass is 295 g/mol. The van der Waals surface area contributed by atoms with Crippen molar-refractivity contribution < 1.29 is 4.42 Å². The zero-order valence-corrected chi connectivity index (χ0v) is 12.1. The minimum atomic E-state index is 0.311. The number of furan rings is 1. The molecule has 1 aromatic heterocycles. The number of nitrogens with one attached hydrogen (secondary N) is 1. The lowest BCUT2D eigenvalue weighted by molar-refractivity contribution is 0.429. The second-order valence-electron chi connectivity index (χ2n) is 4.42. The molecule has 3 heteroatoms. The Kier molecular flexibility index (Phi) is 3.89. The summed E-state index contributed by atoms with van der Waals surface area (Å²) in [6.07, 6.45) is 2.24. The predicted molar refractivity (Wildman–Crippen MR) is 75.4 cm³/mol. The number of rotatable bonds is 4. The Morgan fingerprint density at radius 2 is 2.12 bits per heavy atom. The standard InChI is InChI=1S/C14H18BrNO/c1-4-5-12(16-3)13-8-10-7-11(15)6-9(2)14(10)17-13/h6-8,12,16H,4-5H2,1-3H3. The Hall–Kier alpha value is -0.800. The molecule has 0 saturated carbocycles. The van der Waals surface area contributed by atoms with E-state index in [1.54, 1.807) is 0 Å². The third kappa shape index (κ3) is 2.55. The van der Waals surface area contributed by atoms with Gasteiger partial charge >= 0.3 is 0 Å². The SMILES string of the molecule is CCCC(NC)c1cc2cc(Br)cc(C)c2o1. The smallest absolute Gasteiger partial charge is 0.137 e. The van der Waals surface area contributed by atoms with Crippen LogP contribution in [0.4, 0.5) is 0 Å². The third-order valence-corrected chi connectivity index (χ3v) is 3.51. The van der Waals surface area contributed by atoms with Gasteiger partial charge in [0.25, 0.3) is 0 Å². The van der Waals surface area contributed by atoms with E-state index in [4.69, 9.17) is 4.42 Å². The van der Waals surface area contributed by atoms with Crippen LogP contribution in [0.1, 0.15) is 37.1 Å². The fraction of sp³-hybridized carbons (Fsp3) is 0.429. The van der Waals surface area contributed by atoms with Gasteiger partial charge in [0.15, 0.2) is 0 Å². The van der Waals surface area contributed by atoms with E-state index in [9.17, 15) is 0 Å². The lowest BCUT2D eigenvalue weighted by Gasteiger charge is -2.11. The van der Waals surface area contributed by atoms with Crippen LogP contribution in [0.5, 0.6) is 0 Å². The maximum Gasteiger partial charge on any atom is 0.137 e. The van der Waals surface area contributed by atoms with Gasteiger partial charge in [0.1, 0.15) is 11.3 Å². The van der Waals surface area contributed by atoms with E-state index in [-0.39, 0.29) is 0 Å². The van der Waals surface area contributed by atoms with Gasteiger partial charge in [-0.2, -0.15) is 0 Å². The lowest BCUT2D eigenvalue weighted by Crippen LogP contribution is -2.15. The van der Waals surface area contributed by atoms with E-state index in [0.29, 0.717) is 6.04 Å². The summed E-state index contributed by atoms with van der Waals surface area (Å²) in [7, 11) is 1.98. The molecule has 1 aromatic carbocycles. The average molecular weight is 296 g/mol. The predicted octanol–water partition coefficient (Wildman–Crippen LogP) is 4.56. The maximum atomic E-state index is 5.98. The summed E-state index contributed by atoms with van der Waals surface area (Å²) < 4.78 is 7.08. The lowest BCUT2D eigenvalue weighted by atomic mass is 10.1. The van der Waals surface area contributed by atoms with Gasteiger partial charge in [0.05, 0.1) is 6.04 Å². The molecule has 0 bridgehead atoms. The van der Waals surface area contributed by atoms with E-state index in [1.807, 2.05) is 7.05 Å². The van der Waals surface area contributed by atoms with Crippen LogP contribution in [0.25, 0.3) is 11.0 Å². The van der Waals surface area contributed by atoms with Crippen molar-refractivity contribution in [2.75, 3.05) is 7.05 Å². The summed E-state index contributed by atoms with van der Waals surface area (Å²) >= 11 is 3.52. The molecule has 0 aliphatic heterocycles. The zero-order valence-electron chi connectivity index (χ0n) is 10.5. The highest BCUT2D eigenvalue weighted by Gasteiger charge is 2.14. The van der Waals surface area contributed by atoms with Crippen molar-refractivity contribution in [3.8, 4) is 0 Å². The normalized spacial score (nSPS) is 13.2. The molecular formula is C14H18BrNO. The fourth-order valence-corrected chi connectivity index (χ4v) is 2.78. The van der Waals surface area contributed by atoms with Gasteiger partial charge in [-0.15, -0.1) is 0 Å². The molecule has 0 aliphatic rings. The minimum Gasteiger partial charge on any atom is -0.459 e. The molecule has 92 valence electrons. The van der Waals surface area contributed by atoms with Gasteiger partial charge in [0.2, 0.25) is 0 Å². The van der Waals surface area contributed by atoms with Gasteiger partial charge in [-0.3, -0.25) is 0 Å². The first-order valence-corrected chi connectivity index (χ1v) is 6.81. The number of benzene rings is 1. The molecule has 0 radical (unpaired) electrons. The van der Waals surface area contributed by atoms with Gasteiger partial charge in [0, 0.05) is 9.86 Å². The van der Waals surface area contributed by atoms with Crippen LogP contribution in [-0.4, -0.2) is 7.05 Å². The summed E-state index contributed by atoms with van der Waals surface area (Å²) in [5.41, 5.74) is 2.17. The highest BCUT2D eigenvalue weighted by Crippen LogP contribution is 2.30. The van der Waals surface area contributed by atoms with E-state index in [2.05, 4.69) is 53.3 Å². The maximum absolute atomic E-state index is 5.98. The molecule has 0 spiro atoms.